The number of urea groups is 1. The van der Waals surface area contributed by atoms with Gasteiger partial charge in [-0.2, -0.15) is 0 Å². The zero-order valence-electron chi connectivity index (χ0n) is 10.6. The number of rotatable bonds is 4. The van der Waals surface area contributed by atoms with Crippen LogP contribution in [0.1, 0.15) is 17.7 Å². The second kappa shape index (κ2) is 5.45. The lowest BCUT2D eigenvalue weighted by atomic mass is 10.2. The molecule has 98 valence electrons. The maximum absolute atomic E-state index is 11.5. The Kier molecular flexibility index (Phi) is 3.51. The molecular weight excluding hydrogens is 256 g/mol. The standard InChI is InChI=1S/C15H16N2OS/c18-15(17-12-6-7-12)16-10-13-8-9-14(19-13)11-4-2-1-3-5-11/h1-5,8-9,12H,6-7,10H2,(H2,16,17,18). The third-order valence-corrected chi connectivity index (χ3v) is 4.19. The van der Waals surface area contributed by atoms with Gasteiger partial charge in [-0.1, -0.05) is 30.3 Å². The summed E-state index contributed by atoms with van der Waals surface area (Å²) in [5, 5.41) is 5.81. The normalized spacial score (nSPS) is 14.1. The number of amides is 2. The summed E-state index contributed by atoms with van der Waals surface area (Å²) in [6.45, 7) is 0.593. The van der Waals surface area contributed by atoms with E-state index in [1.165, 1.54) is 15.3 Å². The second-order valence-corrected chi connectivity index (χ2v) is 5.90. The molecule has 0 spiro atoms. The van der Waals surface area contributed by atoms with Crippen LogP contribution in [-0.4, -0.2) is 12.1 Å². The van der Waals surface area contributed by atoms with E-state index in [9.17, 15) is 4.79 Å². The second-order valence-electron chi connectivity index (χ2n) is 4.73. The highest BCUT2D eigenvalue weighted by molar-refractivity contribution is 7.15. The molecule has 1 fully saturated rings. The fourth-order valence-corrected chi connectivity index (χ4v) is 2.81. The monoisotopic (exact) mass is 272 g/mol. The zero-order valence-corrected chi connectivity index (χ0v) is 11.4. The first-order valence-electron chi connectivity index (χ1n) is 6.50. The van der Waals surface area contributed by atoms with Crippen LogP contribution >= 0.6 is 11.3 Å². The molecule has 2 aromatic rings. The van der Waals surface area contributed by atoms with Crippen LogP contribution in [0.5, 0.6) is 0 Å². The lowest BCUT2D eigenvalue weighted by molar-refractivity contribution is 0.240. The van der Waals surface area contributed by atoms with Gasteiger partial charge >= 0.3 is 6.03 Å². The summed E-state index contributed by atoms with van der Waals surface area (Å²) in [6, 6.07) is 14.8. The van der Waals surface area contributed by atoms with E-state index in [1.54, 1.807) is 11.3 Å². The maximum Gasteiger partial charge on any atom is 0.315 e. The Hall–Kier alpha value is -1.81. The maximum atomic E-state index is 11.5. The van der Waals surface area contributed by atoms with Crippen LogP contribution in [0.3, 0.4) is 0 Å². The van der Waals surface area contributed by atoms with Gasteiger partial charge in [-0.15, -0.1) is 11.3 Å². The first kappa shape index (κ1) is 12.2. The molecular formula is C15H16N2OS. The Morgan fingerprint density at radius 2 is 1.95 bits per heavy atom. The molecule has 0 atom stereocenters. The van der Waals surface area contributed by atoms with Crippen molar-refractivity contribution in [3.8, 4) is 10.4 Å². The van der Waals surface area contributed by atoms with Crippen LogP contribution in [-0.2, 0) is 6.54 Å². The van der Waals surface area contributed by atoms with Crippen molar-refractivity contribution in [3.05, 3.63) is 47.3 Å². The SMILES string of the molecule is O=C(NCc1ccc(-c2ccccc2)s1)NC1CC1. The predicted molar refractivity (Wildman–Crippen MR) is 78.1 cm³/mol. The molecule has 3 rings (SSSR count). The van der Waals surface area contributed by atoms with Gasteiger partial charge < -0.3 is 10.6 Å². The van der Waals surface area contributed by atoms with Crippen LogP contribution in [0.15, 0.2) is 42.5 Å². The van der Waals surface area contributed by atoms with Gasteiger partial charge in [-0.3, -0.25) is 0 Å². The molecule has 19 heavy (non-hydrogen) atoms. The molecule has 1 aliphatic carbocycles. The van der Waals surface area contributed by atoms with Crippen LogP contribution in [0.25, 0.3) is 10.4 Å². The summed E-state index contributed by atoms with van der Waals surface area (Å²) in [7, 11) is 0. The summed E-state index contributed by atoms with van der Waals surface area (Å²) in [4.78, 5) is 13.9. The Morgan fingerprint density at radius 3 is 2.68 bits per heavy atom. The Balaban J connectivity index is 1.57. The molecule has 0 aliphatic heterocycles. The summed E-state index contributed by atoms with van der Waals surface area (Å²) in [6.07, 6.45) is 2.23. The highest BCUT2D eigenvalue weighted by Crippen LogP contribution is 2.27. The van der Waals surface area contributed by atoms with Crippen molar-refractivity contribution in [1.29, 1.82) is 0 Å². The lowest BCUT2D eigenvalue weighted by Gasteiger charge is -2.04. The molecule has 4 heteroatoms. The molecule has 1 aliphatic rings. The first-order valence-corrected chi connectivity index (χ1v) is 7.31. The highest BCUT2D eigenvalue weighted by atomic mass is 32.1. The largest absolute Gasteiger partial charge is 0.335 e. The third kappa shape index (κ3) is 3.35. The molecule has 3 nitrogen and oxygen atoms in total. The van der Waals surface area contributed by atoms with E-state index in [4.69, 9.17) is 0 Å². The van der Waals surface area contributed by atoms with Gasteiger partial charge in [0.05, 0.1) is 6.54 Å². The van der Waals surface area contributed by atoms with E-state index in [0.29, 0.717) is 12.6 Å². The average molecular weight is 272 g/mol. The van der Waals surface area contributed by atoms with Crippen molar-refractivity contribution in [2.75, 3.05) is 0 Å². The van der Waals surface area contributed by atoms with E-state index in [1.807, 2.05) is 18.2 Å². The Labute approximate surface area is 116 Å². The quantitative estimate of drug-likeness (QED) is 0.880. The summed E-state index contributed by atoms with van der Waals surface area (Å²) < 4.78 is 0. The van der Waals surface area contributed by atoms with Gasteiger partial charge in [0.1, 0.15) is 0 Å². The molecule has 1 aromatic carbocycles. The average Bonchev–Trinajstić information content (AvgIpc) is 3.12. The van der Waals surface area contributed by atoms with E-state index in [-0.39, 0.29) is 6.03 Å². The molecule has 1 heterocycles. The van der Waals surface area contributed by atoms with Gasteiger partial charge in [-0.25, -0.2) is 4.79 Å². The topological polar surface area (TPSA) is 41.1 Å². The number of carbonyl (C=O) groups is 1. The van der Waals surface area contributed by atoms with Gasteiger partial charge in [0.15, 0.2) is 0 Å². The van der Waals surface area contributed by atoms with Gasteiger partial charge in [-0.05, 0) is 30.5 Å². The Morgan fingerprint density at radius 1 is 1.16 bits per heavy atom. The molecule has 2 N–H and O–H groups in total. The van der Waals surface area contributed by atoms with E-state index in [0.717, 1.165) is 12.8 Å². The van der Waals surface area contributed by atoms with Gasteiger partial charge in [0, 0.05) is 15.8 Å². The number of benzene rings is 1. The smallest absolute Gasteiger partial charge is 0.315 e. The number of carbonyl (C=O) groups excluding carboxylic acids is 1. The van der Waals surface area contributed by atoms with Crippen molar-refractivity contribution in [3.63, 3.8) is 0 Å². The minimum Gasteiger partial charge on any atom is -0.335 e. The third-order valence-electron chi connectivity index (χ3n) is 3.06. The van der Waals surface area contributed by atoms with Gasteiger partial charge in [0.2, 0.25) is 0 Å². The van der Waals surface area contributed by atoms with Crippen LogP contribution in [0, 0.1) is 0 Å². The van der Waals surface area contributed by atoms with E-state index < -0.39 is 0 Å². The first-order chi connectivity index (χ1) is 9.31. The van der Waals surface area contributed by atoms with Crippen molar-refractivity contribution >= 4 is 17.4 Å². The van der Waals surface area contributed by atoms with Crippen molar-refractivity contribution in [2.45, 2.75) is 25.4 Å². The van der Waals surface area contributed by atoms with Crippen LogP contribution < -0.4 is 10.6 Å². The Bertz CT molecular complexity index is 561. The predicted octanol–water partition coefficient (Wildman–Crippen LogP) is 3.38. The highest BCUT2D eigenvalue weighted by Gasteiger charge is 2.22. The number of thiophene rings is 1. The molecule has 2 amide bonds. The van der Waals surface area contributed by atoms with E-state index >= 15 is 0 Å². The van der Waals surface area contributed by atoms with E-state index in [2.05, 4.69) is 34.9 Å². The zero-order chi connectivity index (χ0) is 13.1. The number of hydrogen-bond acceptors (Lipinski definition) is 2. The number of hydrogen-bond donors (Lipinski definition) is 2. The van der Waals surface area contributed by atoms with Crippen molar-refractivity contribution in [1.82, 2.24) is 10.6 Å². The van der Waals surface area contributed by atoms with Gasteiger partial charge in [0.25, 0.3) is 0 Å². The molecule has 0 saturated heterocycles. The molecule has 0 unspecified atom stereocenters. The molecule has 1 saturated carbocycles. The summed E-state index contributed by atoms with van der Waals surface area (Å²) >= 11 is 1.72. The lowest BCUT2D eigenvalue weighted by Crippen LogP contribution is -2.36. The molecule has 0 radical (unpaired) electrons. The minimum absolute atomic E-state index is 0.0582. The van der Waals surface area contributed by atoms with Crippen molar-refractivity contribution in [2.24, 2.45) is 0 Å². The molecule has 1 aromatic heterocycles. The fraction of sp³-hybridized carbons (Fsp3) is 0.267. The summed E-state index contributed by atoms with van der Waals surface area (Å²) in [5.41, 5.74) is 1.22. The molecule has 0 bridgehead atoms. The van der Waals surface area contributed by atoms with Crippen molar-refractivity contribution < 1.29 is 4.79 Å². The number of nitrogens with one attached hydrogen (secondary N) is 2. The van der Waals surface area contributed by atoms with Crippen LogP contribution in [0.2, 0.25) is 0 Å². The minimum atomic E-state index is -0.0582. The fourth-order valence-electron chi connectivity index (χ4n) is 1.86. The van der Waals surface area contributed by atoms with Crippen LogP contribution in [0.4, 0.5) is 4.79 Å². The summed E-state index contributed by atoms with van der Waals surface area (Å²) in [5.74, 6) is 0.